The van der Waals surface area contributed by atoms with Gasteiger partial charge in [0.1, 0.15) is 5.69 Å². The van der Waals surface area contributed by atoms with Crippen LogP contribution < -0.4 is 5.32 Å². The van der Waals surface area contributed by atoms with E-state index in [1.807, 2.05) is 11.0 Å². The Hall–Kier alpha value is -2.08. The summed E-state index contributed by atoms with van der Waals surface area (Å²) in [5, 5.41) is 10.2. The van der Waals surface area contributed by atoms with Crippen LogP contribution in [-0.2, 0) is 0 Å². The van der Waals surface area contributed by atoms with Crippen molar-refractivity contribution in [3.05, 3.63) is 30.2 Å². The number of amides is 1. The van der Waals surface area contributed by atoms with E-state index in [1.54, 1.807) is 18.4 Å². The predicted octanol–water partition coefficient (Wildman–Crippen LogP) is 1.11. The van der Waals surface area contributed by atoms with E-state index >= 15 is 0 Å². The topological polar surface area (TPSA) is 74.2 Å². The summed E-state index contributed by atoms with van der Waals surface area (Å²) >= 11 is 0. The highest BCUT2D eigenvalue weighted by atomic mass is 16.3. The number of rotatable bonds is 2. The molecule has 0 atom stereocenters. The summed E-state index contributed by atoms with van der Waals surface area (Å²) in [6, 6.07) is 5.37. The molecule has 0 spiro atoms. The van der Waals surface area contributed by atoms with Crippen molar-refractivity contribution >= 4 is 5.91 Å². The fourth-order valence-electron chi connectivity index (χ4n) is 2.20. The fraction of sp³-hybridized carbons (Fsp3) is 0.385. The Morgan fingerprint density at radius 2 is 2.32 bits per heavy atom. The third-order valence-electron chi connectivity index (χ3n) is 3.21. The van der Waals surface area contributed by atoms with Crippen molar-refractivity contribution < 1.29 is 9.21 Å². The highest BCUT2D eigenvalue weighted by molar-refractivity contribution is 5.93. The molecular formula is C13H16N4O2. The lowest BCUT2D eigenvalue weighted by atomic mass is 10.2. The maximum absolute atomic E-state index is 12.3. The van der Waals surface area contributed by atoms with Crippen molar-refractivity contribution in [3.63, 3.8) is 0 Å². The number of aromatic nitrogens is 2. The molecule has 0 saturated carbocycles. The molecule has 6 nitrogen and oxygen atoms in total. The largest absolute Gasteiger partial charge is 0.463 e. The average Bonchev–Trinajstić information content (AvgIpc) is 3.04. The maximum atomic E-state index is 12.3. The first-order valence-electron chi connectivity index (χ1n) is 6.44. The summed E-state index contributed by atoms with van der Waals surface area (Å²) in [5.41, 5.74) is 1.16. The first-order chi connectivity index (χ1) is 9.34. The number of nitrogens with one attached hydrogen (secondary N) is 2. The predicted molar refractivity (Wildman–Crippen MR) is 69.7 cm³/mol. The molecule has 0 unspecified atom stereocenters. The van der Waals surface area contributed by atoms with Gasteiger partial charge in [0, 0.05) is 25.7 Å². The summed E-state index contributed by atoms with van der Waals surface area (Å²) in [6.45, 7) is 3.29. The van der Waals surface area contributed by atoms with Crippen LogP contribution in [0.25, 0.3) is 11.5 Å². The molecule has 3 rings (SSSR count). The summed E-state index contributed by atoms with van der Waals surface area (Å²) in [5.74, 6) is 0.654. The number of carbonyl (C=O) groups is 1. The Morgan fingerprint density at radius 3 is 3.16 bits per heavy atom. The lowest BCUT2D eigenvalue weighted by molar-refractivity contribution is 0.0760. The lowest BCUT2D eigenvalue weighted by Gasteiger charge is -2.18. The van der Waals surface area contributed by atoms with Gasteiger partial charge in [0.2, 0.25) is 0 Å². The van der Waals surface area contributed by atoms with Crippen molar-refractivity contribution in [3.8, 4) is 11.5 Å². The molecule has 100 valence electrons. The van der Waals surface area contributed by atoms with E-state index in [2.05, 4.69) is 15.5 Å². The van der Waals surface area contributed by atoms with Gasteiger partial charge in [-0.3, -0.25) is 9.89 Å². The minimum absolute atomic E-state index is 0.0299. The Bertz CT molecular complexity index is 539. The number of furan rings is 1. The molecule has 0 aromatic carbocycles. The van der Waals surface area contributed by atoms with Crippen LogP contribution in [-0.4, -0.2) is 47.2 Å². The molecule has 0 bridgehead atoms. The summed E-state index contributed by atoms with van der Waals surface area (Å²) < 4.78 is 5.27. The molecular weight excluding hydrogens is 244 g/mol. The van der Waals surface area contributed by atoms with Gasteiger partial charge >= 0.3 is 0 Å². The van der Waals surface area contributed by atoms with Gasteiger partial charge in [0.05, 0.1) is 6.26 Å². The van der Waals surface area contributed by atoms with Crippen LogP contribution in [0.4, 0.5) is 0 Å². The van der Waals surface area contributed by atoms with Crippen molar-refractivity contribution in [2.75, 3.05) is 26.2 Å². The van der Waals surface area contributed by atoms with Gasteiger partial charge in [-0.2, -0.15) is 5.10 Å². The Morgan fingerprint density at radius 1 is 1.37 bits per heavy atom. The second kappa shape index (κ2) is 5.27. The van der Waals surface area contributed by atoms with Gasteiger partial charge < -0.3 is 14.6 Å². The Balaban J connectivity index is 1.76. The smallest absolute Gasteiger partial charge is 0.274 e. The standard InChI is InChI=1S/C13H16N4O2/c18-13(17-6-2-4-14-5-7-17)11-9-10(15-16-11)12-3-1-8-19-12/h1,3,8-9,14H,2,4-7H2,(H,15,16). The van der Waals surface area contributed by atoms with Crippen LogP contribution >= 0.6 is 0 Å². The SMILES string of the molecule is O=C(c1cc(-c2ccco2)[nH]n1)N1CCCNCC1. The number of carbonyl (C=O) groups excluding carboxylic acids is 1. The summed E-state index contributed by atoms with van der Waals surface area (Å²) in [7, 11) is 0. The van der Waals surface area contributed by atoms with Gasteiger partial charge in [-0.05, 0) is 25.1 Å². The quantitative estimate of drug-likeness (QED) is 0.848. The fourth-order valence-corrected chi connectivity index (χ4v) is 2.20. The normalized spacial score (nSPS) is 16.3. The Kier molecular flexibility index (Phi) is 3.33. The van der Waals surface area contributed by atoms with Crippen LogP contribution in [0, 0.1) is 0 Å². The zero-order valence-electron chi connectivity index (χ0n) is 10.6. The minimum atomic E-state index is -0.0299. The number of nitrogens with zero attached hydrogens (tertiary/aromatic N) is 2. The molecule has 0 aliphatic carbocycles. The molecule has 2 N–H and O–H groups in total. The van der Waals surface area contributed by atoms with E-state index in [4.69, 9.17) is 4.42 Å². The Labute approximate surface area is 110 Å². The van der Waals surface area contributed by atoms with Crippen LogP contribution in [0.1, 0.15) is 16.9 Å². The molecule has 1 saturated heterocycles. The average molecular weight is 260 g/mol. The van der Waals surface area contributed by atoms with Gasteiger partial charge in [-0.15, -0.1) is 0 Å². The van der Waals surface area contributed by atoms with Gasteiger partial charge in [-0.1, -0.05) is 0 Å². The van der Waals surface area contributed by atoms with E-state index < -0.39 is 0 Å². The van der Waals surface area contributed by atoms with Crippen molar-refractivity contribution in [1.82, 2.24) is 20.4 Å². The number of hydrogen-bond donors (Lipinski definition) is 2. The molecule has 6 heteroatoms. The molecule has 2 aromatic heterocycles. The van der Waals surface area contributed by atoms with E-state index in [0.29, 0.717) is 11.5 Å². The van der Waals surface area contributed by atoms with E-state index in [9.17, 15) is 4.79 Å². The molecule has 19 heavy (non-hydrogen) atoms. The highest BCUT2D eigenvalue weighted by Crippen LogP contribution is 2.18. The van der Waals surface area contributed by atoms with E-state index in [-0.39, 0.29) is 5.91 Å². The van der Waals surface area contributed by atoms with E-state index in [0.717, 1.165) is 38.3 Å². The number of H-pyrrole nitrogens is 1. The zero-order valence-corrected chi connectivity index (χ0v) is 10.6. The second-order valence-electron chi connectivity index (χ2n) is 4.54. The molecule has 2 aromatic rings. The first kappa shape index (κ1) is 12.0. The van der Waals surface area contributed by atoms with E-state index in [1.165, 1.54) is 0 Å². The number of hydrogen-bond acceptors (Lipinski definition) is 4. The summed E-state index contributed by atoms with van der Waals surface area (Å²) in [4.78, 5) is 14.2. The van der Waals surface area contributed by atoms with Crippen LogP contribution in [0.5, 0.6) is 0 Å². The minimum Gasteiger partial charge on any atom is -0.463 e. The van der Waals surface area contributed by atoms with Crippen LogP contribution in [0.15, 0.2) is 28.9 Å². The van der Waals surface area contributed by atoms with Crippen molar-refractivity contribution in [2.24, 2.45) is 0 Å². The lowest BCUT2D eigenvalue weighted by Crippen LogP contribution is -2.34. The second-order valence-corrected chi connectivity index (χ2v) is 4.54. The van der Waals surface area contributed by atoms with Crippen LogP contribution in [0.2, 0.25) is 0 Å². The van der Waals surface area contributed by atoms with Crippen molar-refractivity contribution in [1.29, 1.82) is 0 Å². The third-order valence-corrected chi connectivity index (χ3v) is 3.21. The summed E-state index contributed by atoms with van der Waals surface area (Å²) in [6.07, 6.45) is 2.57. The molecule has 1 amide bonds. The van der Waals surface area contributed by atoms with Crippen molar-refractivity contribution in [2.45, 2.75) is 6.42 Å². The first-order valence-corrected chi connectivity index (χ1v) is 6.44. The molecule has 1 fully saturated rings. The van der Waals surface area contributed by atoms with Gasteiger partial charge in [-0.25, -0.2) is 0 Å². The molecule has 1 aliphatic rings. The van der Waals surface area contributed by atoms with Gasteiger partial charge in [0.15, 0.2) is 11.5 Å². The number of aromatic amines is 1. The van der Waals surface area contributed by atoms with Crippen LogP contribution in [0.3, 0.4) is 0 Å². The molecule has 3 heterocycles. The third kappa shape index (κ3) is 2.53. The molecule has 1 aliphatic heterocycles. The monoisotopic (exact) mass is 260 g/mol. The van der Waals surface area contributed by atoms with Gasteiger partial charge in [0.25, 0.3) is 5.91 Å². The highest BCUT2D eigenvalue weighted by Gasteiger charge is 2.20. The molecule has 0 radical (unpaired) electrons. The zero-order chi connectivity index (χ0) is 13.1. The maximum Gasteiger partial charge on any atom is 0.274 e.